The van der Waals surface area contributed by atoms with Gasteiger partial charge in [-0.05, 0) is 45.4 Å². The Morgan fingerprint density at radius 3 is 2.44 bits per heavy atom. The van der Waals surface area contributed by atoms with Crippen LogP contribution in [0.5, 0.6) is 0 Å². The van der Waals surface area contributed by atoms with Crippen molar-refractivity contribution in [1.29, 1.82) is 0 Å². The van der Waals surface area contributed by atoms with Gasteiger partial charge in [0.2, 0.25) is 0 Å². The van der Waals surface area contributed by atoms with Crippen molar-refractivity contribution in [3.05, 3.63) is 12.7 Å². The van der Waals surface area contributed by atoms with Crippen molar-refractivity contribution in [2.75, 3.05) is 6.54 Å². The van der Waals surface area contributed by atoms with Crippen molar-refractivity contribution in [2.24, 2.45) is 5.92 Å². The fourth-order valence-electron chi connectivity index (χ4n) is 1.55. The smallest absolute Gasteiger partial charge is 0.0743 e. The van der Waals surface area contributed by atoms with Crippen LogP contribution in [0.15, 0.2) is 12.7 Å². The quantitative estimate of drug-likeness (QED) is 0.593. The molecule has 2 atom stereocenters. The number of hydrogen-bond acceptors (Lipinski definition) is 2. The molecule has 0 bridgehead atoms. The van der Waals surface area contributed by atoms with E-state index < -0.39 is 5.60 Å². The predicted molar refractivity (Wildman–Crippen MR) is 71.6 cm³/mol. The van der Waals surface area contributed by atoms with Crippen LogP contribution in [0.3, 0.4) is 0 Å². The Morgan fingerprint density at radius 1 is 1.31 bits per heavy atom. The lowest BCUT2D eigenvalue weighted by Crippen LogP contribution is -2.41. The Bertz CT molecular complexity index is 187. The first kappa shape index (κ1) is 15.7. The van der Waals surface area contributed by atoms with E-state index in [1.807, 2.05) is 13.0 Å². The maximum atomic E-state index is 10.2. The summed E-state index contributed by atoms with van der Waals surface area (Å²) in [7, 11) is 0. The second-order valence-electron chi connectivity index (χ2n) is 5.58. The zero-order valence-corrected chi connectivity index (χ0v) is 11.4. The van der Waals surface area contributed by atoms with Gasteiger partial charge in [-0.2, -0.15) is 0 Å². The molecule has 2 unspecified atom stereocenters. The highest BCUT2D eigenvalue weighted by Gasteiger charge is 2.20. The first-order valence-corrected chi connectivity index (χ1v) is 6.44. The second kappa shape index (κ2) is 7.86. The fourth-order valence-corrected chi connectivity index (χ4v) is 1.55. The van der Waals surface area contributed by atoms with E-state index in [-0.39, 0.29) is 0 Å². The van der Waals surface area contributed by atoms with Crippen molar-refractivity contribution in [3.8, 4) is 0 Å². The molecule has 0 aromatic rings. The lowest BCUT2D eigenvalue weighted by atomic mass is 9.95. The van der Waals surface area contributed by atoms with Gasteiger partial charge in [-0.15, -0.1) is 6.58 Å². The molecule has 0 aromatic carbocycles. The number of allylic oxidation sites excluding steroid dienone is 1. The molecule has 0 saturated carbocycles. The zero-order chi connectivity index (χ0) is 12.6. The lowest BCUT2D eigenvalue weighted by molar-refractivity contribution is 0.0428. The Kier molecular flexibility index (Phi) is 7.69. The highest BCUT2D eigenvalue weighted by atomic mass is 16.3. The van der Waals surface area contributed by atoms with Gasteiger partial charge in [-0.1, -0.05) is 19.9 Å². The van der Waals surface area contributed by atoms with Crippen LogP contribution in [-0.2, 0) is 0 Å². The van der Waals surface area contributed by atoms with E-state index in [0.717, 1.165) is 25.7 Å². The van der Waals surface area contributed by atoms with Crippen molar-refractivity contribution in [2.45, 2.75) is 65.0 Å². The van der Waals surface area contributed by atoms with Gasteiger partial charge in [0, 0.05) is 12.6 Å². The van der Waals surface area contributed by atoms with Crippen LogP contribution in [-0.4, -0.2) is 23.3 Å². The number of hydrogen-bond donors (Lipinski definition) is 2. The van der Waals surface area contributed by atoms with Gasteiger partial charge in [-0.25, -0.2) is 0 Å². The molecule has 0 aliphatic rings. The molecule has 16 heavy (non-hydrogen) atoms. The highest BCUT2D eigenvalue weighted by Crippen LogP contribution is 2.15. The van der Waals surface area contributed by atoms with E-state index in [1.54, 1.807) is 0 Å². The average Bonchev–Trinajstić information content (AvgIpc) is 2.21. The Morgan fingerprint density at radius 2 is 1.94 bits per heavy atom. The van der Waals surface area contributed by atoms with E-state index in [0.29, 0.717) is 18.5 Å². The molecule has 0 aliphatic carbocycles. The molecule has 0 heterocycles. The largest absolute Gasteiger partial charge is 0.389 e. The number of aliphatic hydroxyl groups is 1. The molecule has 0 aliphatic heterocycles. The normalized spacial score (nSPS) is 17.1. The van der Waals surface area contributed by atoms with Crippen molar-refractivity contribution < 1.29 is 5.11 Å². The van der Waals surface area contributed by atoms with Gasteiger partial charge in [0.05, 0.1) is 5.60 Å². The van der Waals surface area contributed by atoms with E-state index >= 15 is 0 Å². The van der Waals surface area contributed by atoms with Crippen LogP contribution in [0, 0.1) is 5.92 Å². The summed E-state index contributed by atoms with van der Waals surface area (Å²) in [4.78, 5) is 0. The maximum Gasteiger partial charge on any atom is 0.0743 e. The van der Waals surface area contributed by atoms with E-state index in [2.05, 4.69) is 32.7 Å². The predicted octanol–water partition coefficient (Wildman–Crippen LogP) is 3.12. The molecule has 0 spiro atoms. The number of rotatable bonds is 9. The first-order chi connectivity index (χ1) is 7.37. The van der Waals surface area contributed by atoms with Crippen molar-refractivity contribution in [1.82, 2.24) is 5.32 Å². The molecular formula is C14H29NO. The lowest BCUT2D eigenvalue weighted by Gasteiger charge is -2.26. The van der Waals surface area contributed by atoms with Crippen LogP contribution >= 0.6 is 0 Å². The Hall–Kier alpha value is -0.340. The fraction of sp³-hybridized carbons (Fsp3) is 0.857. The van der Waals surface area contributed by atoms with Gasteiger partial charge < -0.3 is 10.4 Å². The monoisotopic (exact) mass is 227 g/mol. The standard InChI is InChI=1S/C14H29NO/c1-6-7-8-13(4)15-11-14(5,16)10-9-12(2)3/h6,12-13,15-16H,1,7-11H2,2-5H3. The van der Waals surface area contributed by atoms with Gasteiger partial charge in [0.15, 0.2) is 0 Å². The summed E-state index contributed by atoms with van der Waals surface area (Å²) in [5.74, 6) is 0.657. The van der Waals surface area contributed by atoms with Gasteiger partial charge >= 0.3 is 0 Å². The van der Waals surface area contributed by atoms with Crippen molar-refractivity contribution in [3.63, 3.8) is 0 Å². The van der Waals surface area contributed by atoms with Gasteiger partial charge in [0.25, 0.3) is 0 Å². The van der Waals surface area contributed by atoms with Crippen LogP contribution in [0.2, 0.25) is 0 Å². The Labute approximate surface area is 101 Å². The molecule has 0 fully saturated rings. The van der Waals surface area contributed by atoms with Crippen LogP contribution in [0.25, 0.3) is 0 Å². The SMILES string of the molecule is C=CCCC(C)NCC(C)(O)CCC(C)C. The molecule has 0 saturated heterocycles. The minimum absolute atomic E-state index is 0.448. The molecule has 0 amide bonds. The summed E-state index contributed by atoms with van der Waals surface area (Å²) in [6, 6.07) is 0.448. The molecule has 0 radical (unpaired) electrons. The minimum atomic E-state index is -0.577. The summed E-state index contributed by atoms with van der Waals surface area (Å²) in [5.41, 5.74) is -0.577. The van der Waals surface area contributed by atoms with Gasteiger partial charge in [0.1, 0.15) is 0 Å². The summed E-state index contributed by atoms with van der Waals surface area (Å²) >= 11 is 0. The van der Waals surface area contributed by atoms with E-state index in [1.165, 1.54) is 0 Å². The molecule has 2 N–H and O–H groups in total. The van der Waals surface area contributed by atoms with Crippen molar-refractivity contribution >= 4 is 0 Å². The first-order valence-electron chi connectivity index (χ1n) is 6.44. The third-order valence-electron chi connectivity index (χ3n) is 2.90. The summed E-state index contributed by atoms with van der Waals surface area (Å²) < 4.78 is 0. The van der Waals surface area contributed by atoms with Crippen LogP contribution in [0.1, 0.15) is 53.4 Å². The summed E-state index contributed by atoms with van der Waals surface area (Å²) in [6.07, 6.45) is 6.00. The van der Waals surface area contributed by atoms with Gasteiger partial charge in [-0.3, -0.25) is 0 Å². The highest BCUT2D eigenvalue weighted by molar-refractivity contribution is 4.79. The third kappa shape index (κ3) is 8.93. The molecule has 0 rings (SSSR count). The minimum Gasteiger partial charge on any atom is -0.389 e. The Balaban J connectivity index is 3.74. The molecule has 2 heteroatoms. The average molecular weight is 227 g/mol. The molecular weight excluding hydrogens is 198 g/mol. The van der Waals surface area contributed by atoms with Crippen LogP contribution < -0.4 is 5.32 Å². The maximum absolute atomic E-state index is 10.2. The molecule has 2 nitrogen and oxygen atoms in total. The van der Waals surface area contributed by atoms with E-state index in [9.17, 15) is 5.11 Å². The molecule has 0 aromatic heterocycles. The van der Waals surface area contributed by atoms with Crippen LogP contribution in [0.4, 0.5) is 0 Å². The molecule has 96 valence electrons. The summed E-state index contributed by atoms with van der Waals surface area (Å²) in [6.45, 7) is 12.8. The third-order valence-corrected chi connectivity index (χ3v) is 2.90. The topological polar surface area (TPSA) is 32.3 Å². The zero-order valence-electron chi connectivity index (χ0n) is 11.4. The second-order valence-corrected chi connectivity index (χ2v) is 5.58. The number of nitrogens with one attached hydrogen (secondary N) is 1. The summed E-state index contributed by atoms with van der Waals surface area (Å²) in [5, 5.41) is 13.5. The van der Waals surface area contributed by atoms with E-state index in [4.69, 9.17) is 0 Å².